The van der Waals surface area contributed by atoms with Crippen LogP contribution in [0, 0.1) is 13.8 Å². The van der Waals surface area contributed by atoms with E-state index in [0.717, 1.165) is 24.5 Å². The zero-order valence-corrected chi connectivity index (χ0v) is 12.2. The lowest BCUT2D eigenvalue weighted by Crippen LogP contribution is -2.24. The van der Waals surface area contributed by atoms with Crippen LogP contribution in [0.5, 0.6) is 0 Å². The van der Waals surface area contributed by atoms with Crippen LogP contribution in [0.4, 0.5) is 0 Å². The monoisotopic (exact) mass is 257 g/mol. The molecule has 1 aromatic carbocycles. The smallest absolute Gasteiger partial charge is 0.120 e. The highest BCUT2D eigenvalue weighted by Crippen LogP contribution is 2.20. The van der Waals surface area contributed by atoms with Gasteiger partial charge in [-0.1, -0.05) is 24.1 Å². The average Bonchev–Trinajstić information content (AvgIpc) is 2.83. The van der Waals surface area contributed by atoms with Crippen LogP contribution in [0.15, 0.2) is 24.4 Å². The highest BCUT2D eigenvalue weighted by molar-refractivity contribution is 5.60. The van der Waals surface area contributed by atoms with Crippen molar-refractivity contribution in [1.29, 1.82) is 0 Å². The molecule has 0 bridgehead atoms. The third-order valence-electron chi connectivity index (χ3n) is 3.39. The molecule has 3 heteroatoms. The van der Waals surface area contributed by atoms with Crippen LogP contribution in [0.3, 0.4) is 0 Å². The molecule has 1 unspecified atom stereocenters. The molecular formula is C16H23N3. The molecule has 0 spiro atoms. The normalized spacial score (nSPS) is 12.6. The number of aryl methyl sites for hydroxylation is 2. The van der Waals surface area contributed by atoms with Crippen LogP contribution < -0.4 is 5.32 Å². The molecule has 1 atom stereocenters. The number of rotatable bonds is 5. The maximum Gasteiger partial charge on any atom is 0.120 e. The summed E-state index contributed by atoms with van der Waals surface area (Å²) in [5.41, 5.74) is 4.86. The van der Waals surface area contributed by atoms with Crippen LogP contribution in [-0.2, 0) is 6.54 Å². The number of imidazole rings is 1. The van der Waals surface area contributed by atoms with E-state index in [1.807, 2.05) is 6.20 Å². The van der Waals surface area contributed by atoms with Gasteiger partial charge >= 0.3 is 0 Å². The van der Waals surface area contributed by atoms with Gasteiger partial charge < -0.3 is 10.3 Å². The molecule has 2 rings (SSSR count). The van der Waals surface area contributed by atoms with Crippen LogP contribution in [0.1, 0.15) is 37.2 Å². The van der Waals surface area contributed by atoms with Crippen molar-refractivity contribution in [2.75, 3.05) is 0 Å². The van der Waals surface area contributed by atoms with Gasteiger partial charge in [-0.15, -0.1) is 0 Å². The van der Waals surface area contributed by atoms with Crippen molar-refractivity contribution in [1.82, 2.24) is 15.3 Å². The number of hydrogen-bond acceptors (Lipinski definition) is 2. The summed E-state index contributed by atoms with van der Waals surface area (Å²) in [5.74, 6) is 0.995. The van der Waals surface area contributed by atoms with E-state index < -0.39 is 0 Å². The zero-order valence-electron chi connectivity index (χ0n) is 12.2. The van der Waals surface area contributed by atoms with Gasteiger partial charge in [-0.25, -0.2) is 4.98 Å². The van der Waals surface area contributed by atoms with Crippen molar-refractivity contribution in [2.45, 2.75) is 46.7 Å². The highest BCUT2D eigenvalue weighted by atomic mass is 15.0. The van der Waals surface area contributed by atoms with Crippen molar-refractivity contribution >= 4 is 0 Å². The molecule has 0 aliphatic carbocycles. The maximum atomic E-state index is 4.44. The van der Waals surface area contributed by atoms with Crippen molar-refractivity contribution in [3.05, 3.63) is 41.3 Å². The Balaban J connectivity index is 2.12. The second-order valence-corrected chi connectivity index (χ2v) is 5.31. The van der Waals surface area contributed by atoms with Gasteiger partial charge in [-0.3, -0.25) is 0 Å². The number of aromatic amines is 1. The number of H-pyrrole nitrogens is 1. The Hall–Kier alpha value is -1.61. The van der Waals surface area contributed by atoms with Crippen LogP contribution in [0.25, 0.3) is 11.3 Å². The predicted octanol–water partition coefficient (Wildman–Crippen LogP) is 3.58. The summed E-state index contributed by atoms with van der Waals surface area (Å²) < 4.78 is 0. The van der Waals surface area contributed by atoms with E-state index in [-0.39, 0.29) is 0 Å². The first-order valence-corrected chi connectivity index (χ1v) is 6.94. The Kier molecular flexibility index (Phi) is 4.38. The minimum Gasteiger partial charge on any atom is -0.341 e. The average molecular weight is 257 g/mol. The van der Waals surface area contributed by atoms with E-state index in [4.69, 9.17) is 0 Å². The summed E-state index contributed by atoms with van der Waals surface area (Å²) >= 11 is 0. The lowest BCUT2D eigenvalue weighted by atomic mass is 10.1. The predicted molar refractivity (Wildman–Crippen MR) is 80.1 cm³/mol. The van der Waals surface area contributed by atoms with E-state index in [9.17, 15) is 0 Å². The first-order chi connectivity index (χ1) is 9.08. The zero-order chi connectivity index (χ0) is 13.8. The van der Waals surface area contributed by atoms with Crippen molar-refractivity contribution in [3.63, 3.8) is 0 Å². The number of nitrogens with one attached hydrogen (secondary N) is 2. The van der Waals surface area contributed by atoms with Gasteiger partial charge in [0.15, 0.2) is 0 Å². The van der Waals surface area contributed by atoms with Gasteiger partial charge in [0, 0.05) is 11.6 Å². The van der Waals surface area contributed by atoms with E-state index in [1.54, 1.807) is 0 Å². The molecule has 0 radical (unpaired) electrons. The van der Waals surface area contributed by atoms with Gasteiger partial charge in [0.2, 0.25) is 0 Å². The number of benzene rings is 1. The van der Waals surface area contributed by atoms with Gasteiger partial charge in [-0.05, 0) is 39.3 Å². The summed E-state index contributed by atoms with van der Waals surface area (Å²) in [6, 6.07) is 7.08. The molecule has 102 valence electrons. The second kappa shape index (κ2) is 6.02. The Morgan fingerprint density at radius 3 is 2.53 bits per heavy atom. The lowest BCUT2D eigenvalue weighted by Gasteiger charge is -2.09. The largest absolute Gasteiger partial charge is 0.341 e. The Morgan fingerprint density at radius 2 is 1.89 bits per heavy atom. The minimum absolute atomic E-state index is 0.523. The van der Waals surface area contributed by atoms with Gasteiger partial charge in [-0.2, -0.15) is 0 Å². The van der Waals surface area contributed by atoms with E-state index >= 15 is 0 Å². The topological polar surface area (TPSA) is 40.7 Å². The SMILES string of the molecule is CCC(C)NCc1ncc(-c2cc(C)cc(C)c2)[nH]1. The molecule has 3 nitrogen and oxygen atoms in total. The van der Waals surface area contributed by atoms with Crippen LogP contribution >= 0.6 is 0 Å². The summed E-state index contributed by atoms with van der Waals surface area (Å²) in [5, 5.41) is 3.44. The van der Waals surface area contributed by atoms with Crippen LogP contribution in [0.2, 0.25) is 0 Å². The van der Waals surface area contributed by atoms with Crippen molar-refractivity contribution in [2.24, 2.45) is 0 Å². The molecule has 0 fully saturated rings. The third kappa shape index (κ3) is 3.67. The fourth-order valence-electron chi connectivity index (χ4n) is 2.14. The summed E-state index contributed by atoms with van der Waals surface area (Å²) in [6.07, 6.45) is 3.05. The summed E-state index contributed by atoms with van der Waals surface area (Å²) in [4.78, 5) is 7.83. The Labute approximate surface area is 115 Å². The molecule has 0 amide bonds. The standard InChI is InChI=1S/C16H23N3/c1-5-13(4)17-10-16-18-9-15(19-16)14-7-11(2)6-12(3)8-14/h6-9,13,17H,5,10H2,1-4H3,(H,18,19). The van der Waals surface area contributed by atoms with Crippen molar-refractivity contribution in [3.8, 4) is 11.3 Å². The molecule has 2 aromatic rings. The summed E-state index contributed by atoms with van der Waals surface area (Å²) in [7, 11) is 0. The minimum atomic E-state index is 0.523. The maximum absolute atomic E-state index is 4.44. The molecule has 0 aliphatic rings. The number of nitrogens with zero attached hydrogens (tertiary/aromatic N) is 1. The fourth-order valence-corrected chi connectivity index (χ4v) is 2.14. The number of aromatic nitrogens is 2. The molecule has 1 heterocycles. The first kappa shape index (κ1) is 13.8. The lowest BCUT2D eigenvalue weighted by molar-refractivity contribution is 0.525. The molecule has 0 saturated carbocycles. The molecule has 0 saturated heterocycles. The molecule has 19 heavy (non-hydrogen) atoms. The Bertz CT molecular complexity index is 522. The molecule has 1 aromatic heterocycles. The van der Waals surface area contributed by atoms with Gasteiger partial charge in [0.25, 0.3) is 0 Å². The molecular weight excluding hydrogens is 234 g/mol. The molecule has 2 N–H and O–H groups in total. The van der Waals surface area contributed by atoms with E-state index in [0.29, 0.717) is 6.04 Å². The van der Waals surface area contributed by atoms with Crippen LogP contribution in [-0.4, -0.2) is 16.0 Å². The van der Waals surface area contributed by atoms with E-state index in [2.05, 4.69) is 61.2 Å². The quantitative estimate of drug-likeness (QED) is 0.859. The molecule has 0 aliphatic heterocycles. The van der Waals surface area contributed by atoms with E-state index in [1.165, 1.54) is 16.7 Å². The second-order valence-electron chi connectivity index (χ2n) is 5.31. The fraction of sp³-hybridized carbons (Fsp3) is 0.438. The third-order valence-corrected chi connectivity index (χ3v) is 3.39. The summed E-state index contributed by atoms with van der Waals surface area (Å²) in [6.45, 7) is 9.41. The number of hydrogen-bond donors (Lipinski definition) is 2. The van der Waals surface area contributed by atoms with Gasteiger partial charge in [0.05, 0.1) is 18.4 Å². The van der Waals surface area contributed by atoms with Gasteiger partial charge in [0.1, 0.15) is 5.82 Å². The first-order valence-electron chi connectivity index (χ1n) is 6.94. The highest BCUT2D eigenvalue weighted by Gasteiger charge is 2.05. The Morgan fingerprint density at radius 1 is 1.21 bits per heavy atom. The van der Waals surface area contributed by atoms with Crippen molar-refractivity contribution < 1.29 is 0 Å².